The molecule has 0 spiro atoms. The lowest BCUT2D eigenvalue weighted by atomic mass is 10.1. The molecule has 0 saturated carbocycles. The minimum atomic E-state index is -1.04. The number of ether oxygens (including phenoxy) is 1. The average Bonchev–Trinajstić information content (AvgIpc) is 3.04. The number of nitrogens with zero attached hydrogens (tertiary/aromatic N) is 2. The lowest BCUT2D eigenvalue weighted by Crippen LogP contribution is -1.98. The predicted octanol–water partition coefficient (Wildman–Crippen LogP) is 3.11. The number of hydrogen-bond donors (Lipinski definition) is 1. The molecule has 1 aromatic heterocycles. The number of carboxylic acids is 1. The normalized spacial score (nSPS) is 10.4. The van der Waals surface area contributed by atoms with E-state index in [1.54, 1.807) is 49.6 Å². The zero-order valence-corrected chi connectivity index (χ0v) is 11.7. The molecule has 1 heterocycles. The first-order valence-electron chi connectivity index (χ1n) is 6.49. The van der Waals surface area contributed by atoms with Gasteiger partial charge >= 0.3 is 5.97 Å². The third-order valence-electron chi connectivity index (χ3n) is 3.15. The monoisotopic (exact) mass is 296 g/mol. The van der Waals surface area contributed by atoms with Gasteiger partial charge in [0.15, 0.2) is 0 Å². The van der Waals surface area contributed by atoms with Gasteiger partial charge in [-0.2, -0.15) is 0 Å². The first-order valence-corrected chi connectivity index (χ1v) is 6.49. The van der Waals surface area contributed by atoms with E-state index in [1.165, 1.54) is 6.07 Å². The summed E-state index contributed by atoms with van der Waals surface area (Å²) in [5.74, 6) is 0.168. The van der Waals surface area contributed by atoms with Crippen molar-refractivity contribution in [3.8, 4) is 28.7 Å². The summed E-state index contributed by atoms with van der Waals surface area (Å²) in [7, 11) is 1.59. The maximum atomic E-state index is 11.2. The minimum absolute atomic E-state index is 0.118. The van der Waals surface area contributed by atoms with Crippen LogP contribution in [0.4, 0.5) is 0 Å². The molecule has 0 saturated heterocycles. The Morgan fingerprint density at radius 1 is 1.05 bits per heavy atom. The van der Waals surface area contributed by atoms with Gasteiger partial charge < -0.3 is 14.3 Å². The fourth-order valence-corrected chi connectivity index (χ4v) is 2.04. The molecule has 0 radical (unpaired) electrons. The van der Waals surface area contributed by atoms with Crippen molar-refractivity contribution in [2.75, 3.05) is 7.11 Å². The molecule has 0 unspecified atom stereocenters. The van der Waals surface area contributed by atoms with Crippen molar-refractivity contribution in [3.63, 3.8) is 0 Å². The largest absolute Gasteiger partial charge is 0.497 e. The SMILES string of the molecule is COc1ccc(-c2nnc(-c3ccccc3C(=O)O)o2)cc1. The Hall–Kier alpha value is -3.15. The molecule has 1 N–H and O–H groups in total. The van der Waals surface area contributed by atoms with Gasteiger partial charge in [-0.05, 0) is 36.4 Å². The molecule has 2 aromatic carbocycles. The molecule has 3 aromatic rings. The fourth-order valence-electron chi connectivity index (χ4n) is 2.04. The highest BCUT2D eigenvalue weighted by atomic mass is 16.5. The quantitative estimate of drug-likeness (QED) is 0.796. The van der Waals surface area contributed by atoms with E-state index in [-0.39, 0.29) is 11.5 Å². The Morgan fingerprint density at radius 2 is 1.73 bits per heavy atom. The van der Waals surface area contributed by atoms with Crippen molar-refractivity contribution >= 4 is 5.97 Å². The second-order valence-electron chi connectivity index (χ2n) is 4.49. The van der Waals surface area contributed by atoms with Gasteiger partial charge in [-0.15, -0.1) is 10.2 Å². The summed E-state index contributed by atoms with van der Waals surface area (Å²) in [6, 6.07) is 13.6. The van der Waals surface area contributed by atoms with Crippen molar-refractivity contribution in [1.29, 1.82) is 0 Å². The zero-order chi connectivity index (χ0) is 15.5. The number of hydrogen-bond acceptors (Lipinski definition) is 5. The molecule has 0 bridgehead atoms. The highest BCUT2D eigenvalue weighted by Crippen LogP contribution is 2.27. The molecule has 6 heteroatoms. The summed E-state index contributed by atoms with van der Waals surface area (Å²) in [4.78, 5) is 11.2. The van der Waals surface area contributed by atoms with E-state index in [2.05, 4.69) is 10.2 Å². The number of carboxylic acid groups (broad SMARTS) is 1. The van der Waals surface area contributed by atoms with Crippen LogP contribution in [-0.4, -0.2) is 28.4 Å². The number of rotatable bonds is 4. The summed E-state index contributed by atoms with van der Waals surface area (Å²) in [6.45, 7) is 0. The fraction of sp³-hybridized carbons (Fsp3) is 0.0625. The smallest absolute Gasteiger partial charge is 0.336 e. The Morgan fingerprint density at radius 3 is 2.41 bits per heavy atom. The Bertz CT molecular complexity index is 809. The van der Waals surface area contributed by atoms with Gasteiger partial charge in [0, 0.05) is 5.56 Å². The second-order valence-corrected chi connectivity index (χ2v) is 4.49. The third-order valence-corrected chi connectivity index (χ3v) is 3.15. The molecule has 0 amide bonds. The van der Waals surface area contributed by atoms with Crippen LogP contribution in [0.1, 0.15) is 10.4 Å². The van der Waals surface area contributed by atoms with Crippen molar-refractivity contribution in [2.45, 2.75) is 0 Å². The Kier molecular flexibility index (Phi) is 3.57. The number of carbonyl (C=O) groups is 1. The second kappa shape index (κ2) is 5.69. The first kappa shape index (κ1) is 13.8. The van der Waals surface area contributed by atoms with Crippen molar-refractivity contribution in [2.24, 2.45) is 0 Å². The molecule has 110 valence electrons. The van der Waals surface area contributed by atoms with E-state index < -0.39 is 5.97 Å². The average molecular weight is 296 g/mol. The van der Waals surface area contributed by atoms with Crippen LogP contribution >= 0.6 is 0 Å². The maximum Gasteiger partial charge on any atom is 0.336 e. The molecule has 0 atom stereocenters. The summed E-state index contributed by atoms with van der Waals surface area (Å²) in [6.07, 6.45) is 0. The minimum Gasteiger partial charge on any atom is -0.497 e. The first-order chi connectivity index (χ1) is 10.7. The molecule has 6 nitrogen and oxygen atoms in total. The van der Waals surface area contributed by atoms with Crippen LogP contribution in [0, 0.1) is 0 Å². The molecule has 22 heavy (non-hydrogen) atoms. The van der Waals surface area contributed by atoms with Gasteiger partial charge in [-0.3, -0.25) is 0 Å². The van der Waals surface area contributed by atoms with Gasteiger partial charge in [-0.25, -0.2) is 4.79 Å². The van der Waals surface area contributed by atoms with Crippen LogP contribution in [0.25, 0.3) is 22.9 Å². The van der Waals surface area contributed by atoms with Crippen LogP contribution in [0.2, 0.25) is 0 Å². The summed E-state index contributed by atoms with van der Waals surface area (Å²) in [5, 5.41) is 17.1. The van der Waals surface area contributed by atoms with Gasteiger partial charge in [0.05, 0.1) is 18.2 Å². The van der Waals surface area contributed by atoms with E-state index in [0.29, 0.717) is 11.5 Å². The van der Waals surface area contributed by atoms with Crippen molar-refractivity contribution in [3.05, 3.63) is 54.1 Å². The van der Waals surface area contributed by atoms with Crippen molar-refractivity contribution in [1.82, 2.24) is 10.2 Å². The summed E-state index contributed by atoms with van der Waals surface area (Å²) >= 11 is 0. The Labute approximate surface area is 126 Å². The van der Waals surface area contributed by atoms with E-state index in [0.717, 1.165) is 11.3 Å². The summed E-state index contributed by atoms with van der Waals surface area (Å²) < 4.78 is 10.7. The van der Waals surface area contributed by atoms with Crippen LogP contribution < -0.4 is 4.74 Å². The van der Waals surface area contributed by atoms with Crippen LogP contribution in [0.5, 0.6) is 5.75 Å². The van der Waals surface area contributed by atoms with E-state index in [9.17, 15) is 9.90 Å². The molecular weight excluding hydrogens is 284 g/mol. The number of aromatic carboxylic acids is 1. The van der Waals surface area contributed by atoms with Crippen molar-refractivity contribution < 1.29 is 19.1 Å². The Balaban J connectivity index is 1.98. The van der Waals surface area contributed by atoms with Gasteiger partial charge in [0.2, 0.25) is 11.8 Å². The standard InChI is InChI=1S/C16H12N2O4/c1-21-11-8-6-10(7-9-11)14-17-18-15(22-14)12-4-2-3-5-13(12)16(19)20/h2-9H,1H3,(H,19,20). The highest BCUT2D eigenvalue weighted by molar-refractivity contribution is 5.94. The molecule has 0 fully saturated rings. The van der Waals surface area contributed by atoms with Crippen LogP contribution in [-0.2, 0) is 0 Å². The van der Waals surface area contributed by atoms with E-state index in [1.807, 2.05) is 0 Å². The van der Waals surface area contributed by atoms with Crippen LogP contribution in [0.15, 0.2) is 52.9 Å². The molecule has 0 aliphatic rings. The maximum absolute atomic E-state index is 11.2. The lowest BCUT2D eigenvalue weighted by molar-refractivity contribution is 0.0697. The molecule has 3 rings (SSSR count). The molecular formula is C16H12N2O4. The predicted molar refractivity (Wildman–Crippen MR) is 78.7 cm³/mol. The number of aromatic nitrogens is 2. The van der Waals surface area contributed by atoms with Gasteiger partial charge in [0.1, 0.15) is 5.75 Å². The highest BCUT2D eigenvalue weighted by Gasteiger charge is 2.17. The molecule has 0 aliphatic carbocycles. The number of benzene rings is 2. The van der Waals surface area contributed by atoms with Gasteiger partial charge in [0.25, 0.3) is 0 Å². The van der Waals surface area contributed by atoms with E-state index in [4.69, 9.17) is 9.15 Å². The topological polar surface area (TPSA) is 85.5 Å². The summed E-state index contributed by atoms with van der Waals surface area (Å²) in [5.41, 5.74) is 1.24. The lowest BCUT2D eigenvalue weighted by Gasteiger charge is -2.01. The van der Waals surface area contributed by atoms with E-state index >= 15 is 0 Å². The number of methoxy groups -OCH3 is 1. The molecule has 0 aliphatic heterocycles. The van der Waals surface area contributed by atoms with Crippen LogP contribution in [0.3, 0.4) is 0 Å². The third kappa shape index (κ3) is 2.54. The van der Waals surface area contributed by atoms with Gasteiger partial charge in [-0.1, -0.05) is 12.1 Å². The zero-order valence-electron chi connectivity index (χ0n) is 11.7.